The van der Waals surface area contributed by atoms with E-state index in [1.54, 1.807) is 6.07 Å². The number of benzene rings is 2. The minimum absolute atomic E-state index is 0.00113. The van der Waals surface area contributed by atoms with E-state index in [4.69, 9.17) is 5.14 Å². The van der Waals surface area contributed by atoms with Gasteiger partial charge in [0.15, 0.2) is 5.69 Å². The van der Waals surface area contributed by atoms with Crippen LogP contribution in [0.2, 0.25) is 0 Å². The van der Waals surface area contributed by atoms with Gasteiger partial charge in [0.25, 0.3) is 0 Å². The maximum absolute atomic E-state index is 13.1. The van der Waals surface area contributed by atoms with Crippen LogP contribution in [0, 0.1) is 0 Å². The second kappa shape index (κ2) is 6.15. The Morgan fingerprint density at radius 3 is 2.19 bits per heavy atom. The largest absolute Gasteiger partial charge is 0.507 e. The Bertz CT molecular complexity index is 1060. The topological polar surface area (TPSA) is 98.2 Å². The third-order valence-corrected chi connectivity index (χ3v) is 4.52. The molecule has 0 aliphatic rings. The molecule has 3 aromatic rings. The zero-order valence-electron chi connectivity index (χ0n) is 13.0. The molecule has 136 valence electrons. The number of nitrogens with zero attached hydrogens (tertiary/aromatic N) is 2. The molecule has 3 rings (SSSR count). The second-order valence-electron chi connectivity index (χ2n) is 5.38. The molecule has 0 atom stereocenters. The highest BCUT2D eigenvalue weighted by Gasteiger charge is 2.35. The average molecular weight is 383 g/mol. The summed E-state index contributed by atoms with van der Waals surface area (Å²) in [5.41, 5.74) is -0.831. The van der Waals surface area contributed by atoms with Crippen LogP contribution in [0.4, 0.5) is 13.2 Å². The summed E-state index contributed by atoms with van der Waals surface area (Å²) in [5, 5.41) is 18.6. The number of aromatic nitrogens is 2. The number of aromatic hydroxyl groups is 1. The van der Waals surface area contributed by atoms with Crippen molar-refractivity contribution in [3.05, 3.63) is 60.3 Å². The smallest absolute Gasteiger partial charge is 0.435 e. The highest BCUT2D eigenvalue weighted by molar-refractivity contribution is 7.89. The number of phenols is 1. The van der Waals surface area contributed by atoms with Crippen molar-refractivity contribution in [1.82, 2.24) is 9.78 Å². The summed E-state index contributed by atoms with van der Waals surface area (Å²) in [7, 11) is -3.94. The monoisotopic (exact) mass is 383 g/mol. The molecule has 6 nitrogen and oxygen atoms in total. The molecule has 2 aromatic carbocycles. The first-order chi connectivity index (χ1) is 12.1. The van der Waals surface area contributed by atoms with E-state index < -0.39 is 21.9 Å². The molecule has 3 N–H and O–H groups in total. The summed E-state index contributed by atoms with van der Waals surface area (Å²) >= 11 is 0. The molecular weight excluding hydrogens is 371 g/mol. The number of halogens is 3. The zero-order valence-corrected chi connectivity index (χ0v) is 13.8. The minimum Gasteiger partial charge on any atom is -0.507 e. The van der Waals surface area contributed by atoms with Gasteiger partial charge in [-0.05, 0) is 42.5 Å². The molecule has 0 unspecified atom stereocenters. The zero-order chi connectivity index (χ0) is 19.1. The van der Waals surface area contributed by atoms with Crippen molar-refractivity contribution in [2.24, 2.45) is 5.14 Å². The molecule has 0 saturated heterocycles. The molecule has 1 heterocycles. The number of sulfonamides is 1. The maximum atomic E-state index is 13.1. The van der Waals surface area contributed by atoms with Crippen molar-refractivity contribution < 1.29 is 26.7 Å². The van der Waals surface area contributed by atoms with Gasteiger partial charge in [-0.25, -0.2) is 18.2 Å². The second-order valence-corrected chi connectivity index (χ2v) is 6.94. The molecule has 0 aliphatic carbocycles. The van der Waals surface area contributed by atoms with Crippen LogP contribution in [-0.4, -0.2) is 23.3 Å². The highest BCUT2D eigenvalue weighted by Crippen LogP contribution is 2.36. The van der Waals surface area contributed by atoms with Crippen molar-refractivity contribution >= 4 is 10.0 Å². The van der Waals surface area contributed by atoms with Crippen molar-refractivity contribution in [2.45, 2.75) is 11.1 Å². The van der Waals surface area contributed by atoms with Crippen molar-refractivity contribution in [3.8, 4) is 22.7 Å². The summed E-state index contributed by atoms with van der Waals surface area (Å²) in [6, 6.07) is 11.6. The van der Waals surface area contributed by atoms with E-state index in [1.807, 2.05) is 0 Å². The van der Waals surface area contributed by atoms with Crippen LogP contribution < -0.4 is 5.14 Å². The summed E-state index contributed by atoms with van der Waals surface area (Å²) in [6.07, 6.45) is -4.69. The lowest BCUT2D eigenvalue weighted by Gasteiger charge is -2.09. The Balaban J connectivity index is 2.20. The Morgan fingerprint density at radius 2 is 1.65 bits per heavy atom. The molecular formula is C16H12F3N3O3S. The first-order valence-corrected chi connectivity index (χ1v) is 8.71. The Morgan fingerprint density at radius 1 is 1.04 bits per heavy atom. The number of hydrogen-bond acceptors (Lipinski definition) is 4. The van der Waals surface area contributed by atoms with E-state index >= 15 is 0 Å². The highest BCUT2D eigenvalue weighted by atomic mass is 32.2. The fraction of sp³-hybridized carbons (Fsp3) is 0.0625. The molecule has 0 radical (unpaired) electrons. The predicted molar refractivity (Wildman–Crippen MR) is 87.0 cm³/mol. The average Bonchev–Trinajstić information content (AvgIpc) is 3.00. The Hall–Kier alpha value is -2.85. The summed E-state index contributed by atoms with van der Waals surface area (Å²) < 4.78 is 62.9. The van der Waals surface area contributed by atoms with Gasteiger partial charge in [-0.3, -0.25) is 0 Å². The van der Waals surface area contributed by atoms with Crippen molar-refractivity contribution in [3.63, 3.8) is 0 Å². The van der Waals surface area contributed by atoms with Crippen LogP contribution in [0.15, 0.2) is 59.5 Å². The number of phenolic OH excluding ortho intramolecular Hbond substituents is 1. The summed E-state index contributed by atoms with van der Waals surface area (Å²) in [6.45, 7) is 0. The quantitative estimate of drug-likeness (QED) is 0.727. The van der Waals surface area contributed by atoms with Gasteiger partial charge < -0.3 is 5.11 Å². The maximum Gasteiger partial charge on any atom is 0.435 e. The number of para-hydroxylation sites is 1. The summed E-state index contributed by atoms with van der Waals surface area (Å²) in [5.74, 6) is -0.219. The van der Waals surface area contributed by atoms with Crippen LogP contribution in [-0.2, 0) is 16.2 Å². The van der Waals surface area contributed by atoms with Crippen molar-refractivity contribution in [1.29, 1.82) is 0 Å². The van der Waals surface area contributed by atoms with E-state index in [1.165, 1.54) is 30.3 Å². The van der Waals surface area contributed by atoms with E-state index in [0.717, 1.165) is 22.9 Å². The lowest BCUT2D eigenvalue weighted by molar-refractivity contribution is -0.141. The lowest BCUT2D eigenvalue weighted by Crippen LogP contribution is -2.12. The number of rotatable bonds is 3. The van der Waals surface area contributed by atoms with E-state index in [2.05, 4.69) is 5.10 Å². The first kappa shape index (κ1) is 18.0. The number of hydrogen-bond donors (Lipinski definition) is 2. The number of alkyl halides is 3. The molecule has 10 heteroatoms. The lowest BCUT2D eigenvalue weighted by atomic mass is 10.1. The van der Waals surface area contributed by atoms with Gasteiger partial charge in [-0.15, -0.1) is 0 Å². The van der Waals surface area contributed by atoms with Gasteiger partial charge in [0, 0.05) is 5.56 Å². The first-order valence-electron chi connectivity index (χ1n) is 7.16. The van der Waals surface area contributed by atoms with Gasteiger partial charge in [-0.2, -0.15) is 18.3 Å². The SMILES string of the molecule is NS(=O)(=O)c1ccc(-n2nc(C(F)(F)F)cc2-c2ccccc2O)cc1. The van der Waals surface area contributed by atoms with Crippen LogP contribution in [0.5, 0.6) is 5.75 Å². The van der Waals surface area contributed by atoms with Crippen LogP contribution in [0.3, 0.4) is 0 Å². The fourth-order valence-electron chi connectivity index (χ4n) is 2.38. The van der Waals surface area contributed by atoms with Gasteiger partial charge in [-0.1, -0.05) is 12.1 Å². The van der Waals surface area contributed by atoms with E-state index in [9.17, 15) is 26.7 Å². The van der Waals surface area contributed by atoms with E-state index in [0.29, 0.717) is 0 Å². The van der Waals surface area contributed by atoms with Gasteiger partial charge in [0.1, 0.15) is 5.75 Å². The van der Waals surface area contributed by atoms with Crippen molar-refractivity contribution in [2.75, 3.05) is 0 Å². The molecule has 26 heavy (non-hydrogen) atoms. The fourth-order valence-corrected chi connectivity index (χ4v) is 2.89. The molecule has 1 aromatic heterocycles. The number of nitrogens with two attached hydrogens (primary N) is 1. The van der Waals surface area contributed by atoms with Crippen LogP contribution >= 0.6 is 0 Å². The minimum atomic E-state index is -4.69. The molecule has 0 aliphatic heterocycles. The Kier molecular flexibility index (Phi) is 4.24. The molecule has 0 bridgehead atoms. The molecule has 0 spiro atoms. The van der Waals surface area contributed by atoms with E-state index in [-0.39, 0.29) is 27.6 Å². The van der Waals surface area contributed by atoms with Gasteiger partial charge >= 0.3 is 6.18 Å². The van der Waals surface area contributed by atoms with Gasteiger partial charge in [0.2, 0.25) is 10.0 Å². The normalized spacial score (nSPS) is 12.3. The van der Waals surface area contributed by atoms with Gasteiger partial charge in [0.05, 0.1) is 16.3 Å². The third kappa shape index (κ3) is 3.41. The Labute approximate surface area is 146 Å². The predicted octanol–water partition coefficient (Wildman–Crippen LogP) is 2.91. The number of primary sulfonamides is 1. The molecule has 0 amide bonds. The third-order valence-electron chi connectivity index (χ3n) is 3.59. The van der Waals surface area contributed by atoms with Crippen LogP contribution in [0.25, 0.3) is 16.9 Å². The standard InChI is InChI=1S/C16H12F3N3O3S/c17-16(18,19)15-9-13(12-3-1-2-4-14(12)23)22(21-15)10-5-7-11(8-6-10)26(20,24)25/h1-9,23H,(H2,20,24,25). The summed E-state index contributed by atoms with van der Waals surface area (Å²) in [4.78, 5) is -0.187. The van der Waals surface area contributed by atoms with Crippen LogP contribution in [0.1, 0.15) is 5.69 Å². The molecule has 0 saturated carbocycles. The molecule has 0 fully saturated rings.